The van der Waals surface area contributed by atoms with Crippen molar-refractivity contribution in [3.8, 4) is 5.75 Å². The van der Waals surface area contributed by atoms with Gasteiger partial charge in [0.2, 0.25) is 0 Å². The zero-order chi connectivity index (χ0) is 15.2. The fraction of sp³-hybridized carbons (Fsp3) is 0.214. The van der Waals surface area contributed by atoms with E-state index in [9.17, 15) is 15.2 Å². The number of nitro groups is 1. The van der Waals surface area contributed by atoms with Crippen LogP contribution in [0.15, 0.2) is 48.8 Å². The van der Waals surface area contributed by atoms with Gasteiger partial charge < -0.3 is 19.8 Å². The minimum absolute atomic E-state index is 0.00561. The smallest absolute Gasteiger partial charge is 0.269 e. The van der Waals surface area contributed by atoms with Crippen LogP contribution in [0, 0.1) is 15.5 Å². The van der Waals surface area contributed by atoms with Gasteiger partial charge in [0.15, 0.2) is 0 Å². The second-order valence-corrected chi connectivity index (χ2v) is 4.50. The Morgan fingerprint density at radius 3 is 2.43 bits per heavy atom. The quantitative estimate of drug-likeness (QED) is 0.618. The maximum absolute atomic E-state index is 10.5. The van der Waals surface area contributed by atoms with E-state index in [-0.39, 0.29) is 12.3 Å². The number of aliphatic hydroxyl groups is 1. The number of ether oxygens (including phenoxy) is 1. The molecule has 2 rings (SSSR count). The molecule has 7 nitrogen and oxygen atoms in total. The van der Waals surface area contributed by atoms with Crippen molar-refractivity contribution in [2.75, 3.05) is 6.61 Å². The van der Waals surface area contributed by atoms with E-state index >= 15 is 0 Å². The van der Waals surface area contributed by atoms with E-state index in [2.05, 4.69) is 0 Å². The van der Waals surface area contributed by atoms with Crippen LogP contribution in [0.4, 0.5) is 5.69 Å². The van der Waals surface area contributed by atoms with E-state index in [1.165, 1.54) is 24.3 Å². The summed E-state index contributed by atoms with van der Waals surface area (Å²) >= 11 is 0. The SMILES string of the molecule is N=c1ccn(CC(O)COc2ccc([N+](=O)[O-])cc2)cc1. The van der Waals surface area contributed by atoms with Gasteiger partial charge in [0.25, 0.3) is 5.69 Å². The number of hydrogen-bond donors (Lipinski definition) is 2. The first-order chi connectivity index (χ1) is 10.0. The van der Waals surface area contributed by atoms with E-state index in [1.54, 1.807) is 29.1 Å². The van der Waals surface area contributed by atoms with Gasteiger partial charge in [-0.3, -0.25) is 10.1 Å². The van der Waals surface area contributed by atoms with Gasteiger partial charge >= 0.3 is 0 Å². The molecule has 0 aliphatic heterocycles. The molecule has 0 aliphatic rings. The van der Waals surface area contributed by atoms with Crippen molar-refractivity contribution in [3.63, 3.8) is 0 Å². The lowest BCUT2D eigenvalue weighted by atomic mass is 10.3. The molecule has 0 bridgehead atoms. The third kappa shape index (κ3) is 4.43. The predicted octanol–water partition coefficient (Wildman–Crippen LogP) is 1.32. The van der Waals surface area contributed by atoms with E-state index in [4.69, 9.17) is 10.1 Å². The Morgan fingerprint density at radius 1 is 1.24 bits per heavy atom. The fourth-order valence-electron chi connectivity index (χ4n) is 1.73. The Labute approximate surface area is 120 Å². The maximum atomic E-state index is 10.5. The summed E-state index contributed by atoms with van der Waals surface area (Å²) in [6.07, 6.45) is 2.69. The molecule has 0 amide bonds. The van der Waals surface area contributed by atoms with Crippen LogP contribution in [0.25, 0.3) is 0 Å². The van der Waals surface area contributed by atoms with Crippen molar-refractivity contribution in [3.05, 3.63) is 64.3 Å². The number of pyridine rings is 1. The van der Waals surface area contributed by atoms with Crippen LogP contribution < -0.4 is 10.1 Å². The highest BCUT2D eigenvalue weighted by molar-refractivity contribution is 5.35. The lowest BCUT2D eigenvalue weighted by molar-refractivity contribution is -0.384. The summed E-state index contributed by atoms with van der Waals surface area (Å²) in [5, 5.41) is 28.2. The van der Waals surface area contributed by atoms with Crippen LogP contribution in [0.2, 0.25) is 0 Å². The first-order valence-corrected chi connectivity index (χ1v) is 6.30. The first-order valence-electron chi connectivity index (χ1n) is 6.30. The Morgan fingerprint density at radius 2 is 1.86 bits per heavy atom. The van der Waals surface area contributed by atoms with Crippen LogP contribution in [-0.4, -0.2) is 27.3 Å². The minimum Gasteiger partial charge on any atom is -0.491 e. The van der Waals surface area contributed by atoms with E-state index in [1.807, 2.05) is 0 Å². The Bertz CT molecular complexity index is 646. The van der Waals surface area contributed by atoms with Gasteiger partial charge in [0, 0.05) is 24.5 Å². The van der Waals surface area contributed by atoms with E-state index < -0.39 is 11.0 Å². The number of benzene rings is 1. The Hall–Kier alpha value is -2.67. The van der Waals surface area contributed by atoms with Crippen molar-refractivity contribution in [1.82, 2.24) is 4.57 Å². The highest BCUT2D eigenvalue weighted by atomic mass is 16.6. The predicted molar refractivity (Wildman–Crippen MR) is 74.9 cm³/mol. The molecule has 2 aromatic rings. The minimum atomic E-state index is -0.721. The van der Waals surface area contributed by atoms with Gasteiger partial charge in [-0.05, 0) is 24.3 Å². The van der Waals surface area contributed by atoms with Crippen molar-refractivity contribution in [2.45, 2.75) is 12.6 Å². The molecule has 21 heavy (non-hydrogen) atoms. The molecule has 1 unspecified atom stereocenters. The third-order valence-corrected chi connectivity index (χ3v) is 2.80. The van der Waals surface area contributed by atoms with E-state index in [0.29, 0.717) is 17.7 Å². The van der Waals surface area contributed by atoms with Gasteiger partial charge in [0.1, 0.15) is 18.5 Å². The molecular weight excluding hydrogens is 274 g/mol. The molecule has 1 atom stereocenters. The van der Waals surface area contributed by atoms with Gasteiger partial charge in [-0.1, -0.05) is 0 Å². The standard InChI is InChI=1S/C14H15N3O4/c15-11-5-7-16(8-6-11)9-13(18)10-21-14-3-1-12(2-4-14)17(19)20/h1-8,13,15,18H,9-10H2. The number of nitrogens with zero attached hydrogens (tertiary/aromatic N) is 2. The molecule has 110 valence electrons. The molecule has 0 saturated heterocycles. The lowest BCUT2D eigenvalue weighted by Crippen LogP contribution is -2.23. The summed E-state index contributed by atoms with van der Waals surface area (Å²) in [5.41, 5.74) is -0.00561. The van der Waals surface area contributed by atoms with Gasteiger partial charge in [-0.15, -0.1) is 0 Å². The summed E-state index contributed by atoms with van der Waals surface area (Å²) in [6.45, 7) is 0.417. The number of aliphatic hydroxyl groups excluding tert-OH is 1. The zero-order valence-corrected chi connectivity index (χ0v) is 11.2. The van der Waals surface area contributed by atoms with Gasteiger partial charge in [0.05, 0.1) is 16.8 Å². The van der Waals surface area contributed by atoms with Crippen molar-refractivity contribution in [2.24, 2.45) is 0 Å². The number of aromatic nitrogens is 1. The molecule has 7 heteroatoms. The molecule has 0 aliphatic carbocycles. The lowest BCUT2D eigenvalue weighted by Gasteiger charge is -2.14. The average Bonchev–Trinajstić information content (AvgIpc) is 2.48. The second kappa shape index (κ2) is 6.67. The molecule has 0 spiro atoms. The summed E-state index contributed by atoms with van der Waals surface area (Å²) in [4.78, 5) is 10.0. The van der Waals surface area contributed by atoms with Crippen LogP contribution >= 0.6 is 0 Å². The average molecular weight is 289 g/mol. The van der Waals surface area contributed by atoms with Gasteiger partial charge in [-0.2, -0.15) is 0 Å². The number of nitrogens with one attached hydrogen (secondary N) is 1. The van der Waals surface area contributed by atoms with Crippen molar-refractivity contribution < 1.29 is 14.8 Å². The molecule has 1 aromatic heterocycles. The largest absolute Gasteiger partial charge is 0.491 e. The molecule has 1 heterocycles. The fourth-order valence-corrected chi connectivity index (χ4v) is 1.73. The summed E-state index contributed by atoms with van der Waals surface area (Å²) < 4.78 is 7.13. The topological polar surface area (TPSA) is 101 Å². The molecule has 1 aromatic carbocycles. The monoisotopic (exact) mass is 289 g/mol. The van der Waals surface area contributed by atoms with Crippen molar-refractivity contribution in [1.29, 1.82) is 5.41 Å². The summed E-state index contributed by atoms with van der Waals surface area (Å²) in [5.74, 6) is 0.464. The van der Waals surface area contributed by atoms with Crippen LogP contribution in [-0.2, 0) is 6.54 Å². The van der Waals surface area contributed by atoms with E-state index in [0.717, 1.165) is 0 Å². The highest BCUT2D eigenvalue weighted by Gasteiger charge is 2.08. The summed E-state index contributed by atoms with van der Waals surface area (Å²) in [7, 11) is 0. The zero-order valence-electron chi connectivity index (χ0n) is 11.2. The highest BCUT2D eigenvalue weighted by Crippen LogP contribution is 2.17. The molecule has 0 saturated carbocycles. The number of nitro benzene ring substituents is 1. The normalized spacial score (nSPS) is 11.9. The Kier molecular flexibility index (Phi) is 4.68. The molecule has 0 radical (unpaired) electrons. The number of hydrogen-bond acceptors (Lipinski definition) is 5. The van der Waals surface area contributed by atoms with Crippen LogP contribution in [0.5, 0.6) is 5.75 Å². The maximum Gasteiger partial charge on any atom is 0.269 e. The number of non-ortho nitro benzene ring substituents is 1. The first kappa shape index (κ1) is 14.7. The molecule has 0 fully saturated rings. The van der Waals surface area contributed by atoms with Gasteiger partial charge in [-0.25, -0.2) is 0 Å². The third-order valence-electron chi connectivity index (χ3n) is 2.80. The molecule has 2 N–H and O–H groups in total. The summed E-state index contributed by atoms with van der Waals surface area (Å²) in [6, 6.07) is 8.94. The second-order valence-electron chi connectivity index (χ2n) is 4.50. The number of rotatable bonds is 6. The van der Waals surface area contributed by atoms with Crippen LogP contribution in [0.3, 0.4) is 0 Å². The molecular formula is C14H15N3O4. The van der Waals surface area contributed by atoms with Crippen LogP contribution in [0.1, 0.15) is 0 Å². The van der Waals surface area contributed by atoms with Crippen molar-refractivity contribution >= 4 is 5.69 Å². The Balaban J connectivity index is 1.85.